The summed E-state index contributed by atoms with van der Waals surface area (Å²) in [4.78, 5) is 17.6. The molecule has 1 aromatic rings. The van der Waals surface area contributed by atoms with Crippen molar-refractivity contribution in [2.24, 2.45) is 5.92 Å². The van der Waals surface area contributed by atoms with Crippen LogP contribution in [0.2, 0.25) is 0 Å². The van der Waals surface area contributed by atoms with E-state index in [-0.39, 0.29) is 0 Å². The molecule has 1 unspecified atom stereocenters. The van der Waals surface area contributed by atoms with Gasteiger partial charge in [0, 0.05) is 24.5 Å². The highest BCUT2D eigenvalue weighted by atomic mass is 127. The van der Waals surface area contributed by atoms with E-state index < -0.39 is 5.97 Å². The lowest BCUT2D eigenvalue weighted by Gasteiger charge is -2.29. The summed E-state index contributed by atoms with van der Waals surface area (Å²) in [5.41, 5.74) is 0.701. The van der Waals surface area contributed by atoms with E-state index >= 15 is 0 Å². The predicted molar refractivity (Wildman–Crippen MR) is 107 cm³/mol. The predicted octanol–water partition coefficient (Wildman–Crippen LogP) is 4.07. The molecular weight excluding hydrogens is 437 g/mol. The van der Waals surface area contributed by atoms with E-state index in [1.54, 1.807) is 0 Å². The topological polar surface area (TPSA) is 65.5 Å². The van der Waals surface area contributed by atoms with E-state index in [4.69, 9.17) is 5.11 Å². The van der Waals surface area contributed by atoms with Crippen LogP contribution in [0.1, 0.15) is 44.2 Å². The Morgan fingerprint density at radius 1 is 1.42 bits per heavy atom. The van der Waals surface area contributed by atoms with E-state index in [9.17, 15) is 4.79 Å². The molecule has 0 spiro atoms. The molecule has 1 aliphatic heterocycles. The first kappa shape index (κ1) is 18.1. The molecule has 2 heterocycles. The minimum Gasteiger partial charge on any atom is -0.478 e. The monoisotopic (exact) mass is 461 g/mol. The van der Waals surface area contributed by atoms with Crippen LogP contribution in [0.25, 0.3) is 6.08 Å². The van der Waals surface area contributed by atoms with E-state index in [0.717, 1.165) is 30.1 Å². The molecule has 1 aromatic heterocycles. The number of hydrogen-bond acceptors (Lipinski definition) is 5. The molecule has 2 atom stereocenters. The molecule has 2 fully saturated rings. The number of nitrogens with zero attached hydrogens (tertiary/aromatic N) is 2. The number of anilines is 1. The summed E-state index contributed by atoms with van der Waals surface area (Å²) in [6.45, 7) is 2.38. The van der Waals surface area contributed by atoms with Gasteiger partial charge in [-0.15, -0.1) is 11.3 Å². The highest BCUT2D eigenvalue weighted by molar-refractivity contribution is 14.1. The Balaban J connectivity index is 1.51. The van der Waals surface area contributed by atoms with Gasteiger partial charge in [-0.2, -0.15) is 0 Å². The van der Waals surface area contributed by atoms with Crippen molar-refractivity contribution < 1.29 is 9.90 Å². The van der Waals surface area contributed by atoms with Crippen LogP contribution in [-0.2, 0) is 4.79 Å². The highest BCUT2D eigenvalue weighted by Crippen LogP contribution is 2.31. The average molecular weight is 461 g/mol. The number of carboxylic acids is 1. The average Bonchev–Trinajstić information content (AvgIpc) is 3.16. The molecular formula is C17H24IN3O2S. The van der Waals surface area contributed by atoms with Gasteiger partial charge < -0.3 is 10.4 Å². The molecule has 24 heavy (non-hydrogen) atoms. The van der Waals surface area contributed by atoms with Gasteiger partial charge in [0.25, 0.3) is 0 Å². The highest BCUT2D eigenvalue weighted by Gasteiger charge is 2.33. The number of carboxylic acid groups (broad SMARTS) is 1. The fraction of sp³-hybridized carbons (Fsp3) is 0.647. The fourth-order valence-corrected chi connectivity index (χ4v) is 5.39. The molecule has 1 saturated heterocycles. The van der Waals surface area contributed by atoms with Crippen molar-refractivity contribution in [2.75, 3.05) is 18.4 Å². The van der Waals surface area contributed by atoms with Crippen LogP contribution >= 0.6 is 33.9 Å². The molecule has 1 aliphatic carbocycles. The zero-order chi connectivity index (χ0) is 16.9. The van der Waals surface area contributed by atoms with Gasteiger partial charge in [0.05, 0.1) is 15.8 Å². The Morgan fingerprint density at radius 3 is 2.96 bits per heavy atom. The third kappa shape index (κ3) is 4.92. The maximum absolute atomic E-state index is 10.6. The quantitative estimate of drug-likeness (QED) is 0.290. The van der Waals surface area contributed by atoms with Crippen LogP contribution in [-0.4, -0.2) is 44.1 Å². The van der Waals surface area contributed by atoms with Crippen LogP contribution in [0, 0.1) is 5.92 Å². The molecule has 0 radical (unpaired) electrons. The summed E-state index contributed by atoms with van der Waals surface area (Å²) in [6.07, 6.45) is 10.8. The zero-order valence-electron chi connectivity index (χ0n) is 13.7. The first-order chi connectivity index (χ1) is 11.6. The Bertz CT molecular complexity index is 586. The number of nitrogens with one attached hydrogen (secondary N) is 1. The Hall–Kier alpha value is -0.670. The Kier molecular flexibility index (Phi) is 6.51. The van der Waals surface area contributed by atoms with Crippen molar-refractivity contribution in [2.45, 2.75) is 48.6 Å². The van der Waals surface area contributed by atoms with Gasteiger partial charge in [0.1, 0.15) is 0 Å². The molecule has 0 aromatic carbocycles. The molecule has 132 valence electrons. The van der Waals surface area contributed by atoms with Crippen LogP contribution in [0.15, 0.2) is 11.5 Å². The van der Waals surface area contributed by atoms with Crippen molar-refractivity contribution in [3.8, 4) is 0 Å². The third-order valence-electron chi connectivity index (χ3n) is 4.85. The van der Waals surface area contributed by atoms with Gasteiger partial charge in [-0.1, -0.05) is 41.9 Å². The maximum Gasteiger partial charge on any atom is 0.328 e. The number of alkyl halides is 1. The second-order valence-electron chi connectivity index (χ2n) is 6.66. The summed E-state index contributed by atoms with van der Waals surface area (Å²) in [6, 6.07) is 0.414. The van der Waals surface area contributed by atoms with E-state index in [2.05, 4.69) is 37.8 Å². The third-order valence-corrected chi connectivity index (χ3v) is 7.30. The molecule has 0 amide bonds. The minimum absolute atomic E-state index is 0.414. The van der Waals surface area contributed by atoms with Gasteiger partial charge in [0.2, 0.25) is 0 Å². The Morgan fingerprint density at radius 2 is 2.21 bits per heavy atom. The number of aliphatic carboxylic acids is 1. The number of aromatic nitrogens is 1. The largest absolute Gasteiger partial charge is 0.478 e. The van der Waals surface area contributed by atoms with E-state index in [1.165, 1.54) is 56.1 Å². The molecule has 2 N–H and O–H groups in total. The molecule has 1 saturated carbocycles. The van der Waals surface area contributed by atoms with Crippen molar-refractivity contribution in [1.82, 2.24) is 9.88 Å². The lowest BCUT2D eigenvalue weighted by Crippen LogP contribution is -2.37. The standard InChI is InChI=1S/C17H24IN3O2S/c18-16-14(8-9-21(16)10-12-4-2-1-3-5-12)20-17-19-13(11-24-17)6-7-15(22)23/h6-7,11-12,14,16H,1-5,8-10H2,(H,19,20)(H,22,23)/t14-,16?/m1/s1. The number of halogens is 1. The number of carbonyl (C=O) groups is 1. The number of rotatable bonds is 6. The summed E-state index contributed by atoms with van der Waals surface area (Å²) >= 11 is 4.10. The first-order valence-corrected chi connectivity index (χ1v) is 10.8. The van der Waals surface area contributed by atoms with Crippen LogP contribution in [0.4, 0.5) is 5.13 Å². The molecule has 5 nitrogen and oxygen atoms in total. The first-order valence-electron chi connectivity index (χ1n) is 8.63. The van der Waals surface area contributed by atoms with Crippen molar-refractivity contribution >= 4 is 51.1 Å². The van der Waals surface area contributed by atoms with Gasteiger partial charge in [0.15, 0.2) is 5.13 Å². The lowest BCUT2D eigenvalue weighted by molar-refractivity contribution is -0.131. The van der Waals surface area contributed by atoms with E-state index in [1.807, 2.05) is 5.38 Å². The van der Waals surface area contributed by atoms with Crippen LogP contribution < -0.4 is 5.32 Å². The second-order valence-corrected chi connectivity index (χ2v) is 8.79. The van der Waals surface area contributed by atoms with Crippen molar-refractivity contribution in [3.63, 3.8) is 0 Å². The summed E-state index contributed by atoms with van der Waals surface area (Å²) in [7, 11) is 0. The summed E-state index contributed by atoms with van der Waals surface area (Å²) in [5, 5.41) is 15.0. The van der Waals surface area contributed by atoms with E-state index in [0.29, 0.717) is 15.8 Å². The van der Waals surface area contributed by atoms with Crippen LogP contribution in [0.3, 0.4) is 0 Å². The van der Waals surface area contributed by atoms with Crippen molar-refractivity contribution in [3.05, 3.63) is 17.2 Å². The zero-order valence-corrected chi connectivity index (χ0v) is 16.6. The lowest BCUT2D eigenvalue weighted by atomic mass is 9.89. The molecule has 7 heteroatoms. The summed E-state index contributed by atoms with van der Waals surface area (Å²) < 4.78 is 0.492. The second kappa shape index (κ2) is 8.62. The van der Waals surface area contributed by atoms with Crippen LogP contribution in [0.5, 0.6) is 0 Å². The van der Waals surface area contributed by atoms with Gasteiger partial charge in [-0.05, 0) is 31.3 Å². The molecule has 3 rings (SSSR count). The number of thiazole rings is 1. The normalized spacial score (nSPS) is 26.2. The maximum atomic E-state index is 10.6. The Labute approximate surface area is 160 Å². The summed E-state index contributed by atoms with van der Waals surface area (Å²) in [5.74, 6) is -0.0682. The van der Waals surface area contributed by atoms with Gasteiger partial charge in [-0.3, -0.25) is 4.90 Å². The molecule has 2 aliphatic rings. The number of hydrogen-bond donors (Lipinski definition) is 2. The van der Waals surface area contributed by atoms with Crippen molar-refractivity contribution in [1.29, 1.82) is 0 Å². The minimum atomic E-state index is -0.945. The van der Waals surface area contributed by atoms with Gasteiger partial charge in [-0.25, -0.2) is 9.78 Å². The van der Waals surface area contributed by atoms with Gasteiger partial charge >= 0.3 is 5.97 Å². The smallest absolute Gasteiger partial charge is 0.328 e. The number of likely N-dealkylation sites (tertiary alicyclic amines) is 1. The SMILES string of the molecule is O=C(O)C=Cc1csc(N[C@@H]2CCN(CC3CCCCC3)C2I)n1. The fourth-order valence-electron chi connectivity index (χ4n) is 3.60. The molecule has 0 bridgehead atoms.